The molecular weight excluding hydrogens is 368 g/mol. The zero-order valence-corrected chi connectivity index (χ0v) is 15.6. The molecule has 2 N–H and O–H groups in total. The summed E-state index contributed by atoms with van der Waals surface area (Å²) in [6, 6.07) is 8.80. The number of aromatic amines is 2. The Bertz CT molecular complexity index is 1500. The van der Waals surface area contributed by atoms with Gasteiger partial charge in [-0.1, -0.05) is 18.9 Å². The first kappa shape index (κ1) is 16.4. The average molecular weight is 386 g/mol. The summed E-state index contributed by atoms with van der Waals surface area (Å²) in [7, 11) is 0. The number of furan rings is 1. The summed E-state index contributed by atoms with van der Waals surface area (Å²) in [5.74, 6) is 0. The molecule has 7 heteroatoms. The van der Waals surface area contributed by atoms with Crippen molar-refractivity contribution in [3.05, 3.63) is 63.3 Å². The fraction of sp³-hybridized carbons (Fsp3) is 0.227. The number of benzene rings is 1. The monoisotopic (exact) mass is 386 g/mol. The predicted octanol–water partition coefficient (Wildman–Crippen LogP) is 4.09. The van der Waals surface area contributed by atoms with Crippen LogP contribution in [0.1, 0.15) is 31.7 Å². The van der Waals surface area contributed by atoms with Crippen molar-refractivity contribution in [1.82, 2.24) is 19.7 Å². The van der Waals surface area contributed by atoms with E-state index in [1.807, 2.05) is 16.8 Å². The molecular formula is C22H18N4O3. The molecule has 144 valence electrons. The third-order valence-corrected chi connectivity index (χ3v) is 5.95. The molecule has 0 atom stereocenters. The van der Waals surface area contributed by atoms with Gasteiger partial charge in [-0.25, -0.2) is 0 Å². The molecule has 29 heavy (non-hydrogen) atoms. The van der Waals surface area contributed by atoms with Gasteiger partial charge in [0.15, 0.2) is 11.0 Å². The smallest absolute Gasteiger partial charge is 0.274 e. The van der Waals surface area contributed by atoms with E-state index in [-0.39, 0.29) is 17.0 Å². The zero-order valence-electron chi connectivity index (χ0n) is 15.6. The number of pyridine rings is 2. The molecule has 4 heterocycles. The normalized spacial score (nSPS) is 15.2. The minimum absolute atomic E-state index is 0.114. The quantitative estimate of drug-likeness (QED) is 0.477. The lowest BCUT2D eigenvalue weighted by Gasteiger charge is -2.13. The van der Waals surface area contributed by atoms with Crippen LogP contribution in [-0.4, -0.2) is 19.7 Å². The van der Waals surface area contributed by atoms with Crippen LogP contribution in [-0.2, 0) is 0 Å². The number of aromatic nitrogens is 4. The van der Waals surface area contributed by atoms with Crippen molar-refractivity contribution in [3.63, 3.8) is 0 Å². The van der Waals surface area contributed by atoms with Gasteiger partial charge in [-0.05, 0) is 31.0 Å². The van der Waals surface area contributed by atoms with E-state index in [4.69, 9.17) is 4.42 Å². The van der Waals surface area contributed by atoms with Crippen LogP contribution in [0, 0.1) is 0 Å². The number of H-pyrrole nitrogens is 2. The number of fused-ring (bicyclic) bond motifs is 4. The van der Waals surface area contributed by atoms with E-state index in [0.717, 1.165) is 47.8 Å². The highest BCUT2D eigenvalue weighted by Gasteiger charge is 2.25. The Morgan fingerprint density at radius 2 is 2.00 bits per heavy atom. The van der Waals surface area contributed by atoms with Crippen LogP contribution in [0.2, 0.25) is 0 Å². The fourth-order valence-electron chi connectivity index (χ4n) is 4.64. The van der Waals surface area contributed by atoms with Crippen LogP contribution in [0.25, 0.3) is 44.2 Å². The van der Waals surface area contributed by atoms with E-state index < -0.39 is 0 Å². The van der Waals surface area contributed by atoms with Crippen LogP contribution < -0.4 is 11.0 Å². The molecule has 1 aliphatic rings. The first-order valence-corrected chi connectivity index (χ1v) is 9.84. The van der Waals surface area contributed by atoms with Gasteiger partial charge in [-0.15, -0.1) is 0 Å². The highest BCUT2D eigenvalue weighted by Crippen LogP contribution is 2.39. The van der Waals surface area contributed by atoms with E-state index in [1.165, 1.54) is 12.1 Å². The molecule has 0 unspecified atom stereocenters. The molecule has 0 aliphatic heterocycles. The Balaban J connectivity index is 1.82. The minimum atomic E-state index is -0.158. The summed E-state index contributed by atoms with van der Waals surface area (Å²) in [5.41, 5.74) is 3.81. The number of hydrogen-bond donors (Lipinski definition) is 2. The first-order chi connectivity index (χ1) is 14.2. The Morgan fingerprint density at radius 1 is 1.14 bits per heavy atom. The van der Waals surface area contributed by atoms with Gasteiger partial charge in [0, 0.05) is 35.0 Å². The molecule has 0 bridgehead atoms. The maximum atomic E-state index is 13.1. The van der Waals surface area contributed by atoms with Gasteiger partial charge in [-0.3, -0.25) is 24.4 Å². The van der Waals surface area contributed by atoms with Crippen LogP contribution in [0.5, 0.6) is 0 Å². The summed E-state index contributed by atoms with van der Waals surface area (Å²) in [5, 5.41) is 4.42. The summed E-state index contributed by atoms with van der Waals surface area (Å²) in [6.45, 7) is 0. The topological polar surface area (TPSA) is 96.7 Å². The molecule has 0 amide bonds. The Hall–Kier alpha value is -3.61. The van der Waals surface area contributed by atoms with Gasteiger partial charge in [0.1, 0.15) is 11.2 Å². The lowest BCUT2D eigenvalue weighted by molar-refractivity contribution is 0.476. The fourth-order valence-corrected chi connectivity index (χ4v) is 4.64. The van der Waals surface area contributed by atoms with Crippen molar-refractivity contribution < 1.29 is 4.42 Å². The van der Waals surface area contributed by atoms with Crippen LogP contribution >= 0.6 is 0 Å². The Labute approximate surface area is 164 Å². The SMILES string of the molecule is O=c1ccc2c(c1)oc1c(-c3cccnc3)c3c(=O)[nH]n(C4CCCC4)c3[nH]c12. The molecule has 1 aromatic carbocycles. The number of nitrogens with zero attached hydrogens (tertiary/aromatic N) is 2. The molecule has 0 spiro atoms. The van der Waals surface area contributed by atoms with Gasteiger partial charge in [0.05, 0.1) is 16.9 Å². The van der Waals surface area contributed by atoms with Crippen molar-refractivity contribution in [3.8, 4) is 11.1 Å². The number of nitrogens with one attached hydrogen (secondary N) is 2. The van der Waals surface area contributed by atoms with E-state index in [1.54, 1.807) is 18.5 Å². The third-order valence-electron chi connectivity index (χ3n) is 5.95. The Kier molecular flexibility index (Phi) is 3.35. The van der Waals surface area contributed by atoms with Crippen molar-refractivity contribution in [2.24, 2.45) is 0 Å². The second kappa shape index (κ2) is 5.94. The summed E-state index contributed by atoms with van der Waals surface area (Å²) >= 11 is 0. The summed E-state index contributed by atoms with van der Waals surface area (Å²) in [4.78, 5) is 32.6. The largest absolute Gasteiger partial charge is 0.454 e. The minimum Gasteiger partial charge on any atom is -0.454 e. The van der Waals surface area contributed by atoms with E-state index >= 15 is 0 Å². The van der Waals surface area contributed by atoms with Gasteiger partial charge in [0.2, 0.25) is 0 Å². The highest BCUT2D eigenvalue weighted by atomic mass is 16.3. The molecule has 1 aliphatic carbocycles. The average Bonchev–Trinajstić information content (AvgIpc) is 3.45. The maximum absolute atomic E-state index is 13.1. The summed E-state index contributed by atoms with van der Waals surface area (Å²) < 4.78 is 8.07. The second-order valence-corrected chi connectivity index (χ2v) is 7.68. The van der Waals surface area contributed by atoms with Crippen molar-refractivity contribution in [2.45, 2.75) is 31.7 Å². The van der Waals surface area contributed by atoms with Crippen LogP contribution in [0.15, 0.2) is 56.7 Å². The molecule has 7 nitrogen and oxygen atoms in total. The lowest BCUT2D eigenvalue weighted by atomic mass is 10.0. The second-order valence-electron chi connectivity index (χ2n) is 7.68. The standard InChI is InChI=1S/C22H18N4O3/c27-14-7-8-15-16(10-14)29-20-17(12-4-3-9-23-11-12)18-21(24-19(15)20)26(25-22(18)28)13-5-1-2-6-13/h3-4,7-11,13,24H,1-2,5-6H2,(H,25,28). The van der Waals surface area contributed by atoms with Crippen molar-refractivity contribution in [2.75, 3.05) is 0 Å². The third kappa shape index (κ3) is 2.33. The molecule has 4 aromatic heterocycles. The molecule has 6 rings (SSSR count). The van der Waals surface area contributed by atoms with Gasteiger partial charge < -0.3 is 9.40 Å². The molecule has 1 saturated carbocycles. The van der Waals surface area contributed by atoms with Crippen LogP contribution in [0.3, 0.4) is 0 Å². The van der Waals surface area contributed by atoms with E-state index in [2.05, 4.69) is 15.1 Å². The molecule has 0 saturated heterocycles. The molecule has 0 radical (unpaired) electrons. The molecule has 1 fully saturated rings. The Morgan fingerprint density at radius 3 is 2.79 bits per heavy atom. The number of rotatable bonds is 2. The van der Waals surface area contributed by atoms with Gasteiger partial charge in [-0.2, -0.15) is 0 Å². The van der Waals surface area contributed by atoms with Gasteiger partial charge >= 0.3 is 0 Å². The maximum Gasteiger partial charge on any atom is 0.274 e. The van der Waals surface area contributed by atoms with E-state index in [9.17, 15) is 9.59 Å². The van der Waals surface area contributed by atoms with Crippen LogP contribution in [0.4, 0.5) is 0 Å². The first-order valence-electron chi connectivity index (χ1n) is 9.84. The summed E-state index contributed by atoms with van der Waals surface area (Å²) in [6.07, 6.45) is 7.82. The lowest BCUT2D eigenvalue weighted by Crippen LogP contribution is -2.10. The molecule has 5 aromatic rings. The number of hydrogen-bond acceptors (Lipinski definition) is 4. The van der Waals surface area contributed by atoms with Crippen molar-refractivity contribution >= 4 is 33.1 Å². The van der Waals surface area contributed by atoms with E-state index in [0.29, 0.717) is 22.1 Å². The highest BCUT2D eigenvalue weighted by molar-refractivity contribution is 6.14. The van der Waals surface area contributed by atoms with Crippen molar-refractivity contribution in [1.29, 1.82) is 0 Å². The zero-order chi connectivity index (χ0) is 19.5. The van der Waals surface area contributed by atoms with Gasteiger partial charge in [0.25, 0.3) is 5.56 Å². The predicted molar refractivity (Wildman–Crippen MR) is 111 cm³/mol.